The molecule has 0 bridgehead atoms. The molecule has 0 saturated carbocycles. The number of anilines is 2. The summed E-state index contributed by atoms with van der Waals surface area (Å²) in [5.41, 5.74) is 2.75. The summed E-state index contributed by atoms with van der Waals surface area (Å²) in [6, 6.07) is 12.0. The Bertz CT molecular complexity index is 708. The van der Waals surface area contributed by atoms with Crippen LogP contribution in [0.4, 0.5) is 16.2 Å². The molecule has 22 heavy (non-hydrogen) atoms. The Morgan fingerprint density at radius 3 is 2.91 bits per heavy atom. The number of urea groups is 1. The number of ether oxygens (including phenoxy) is 1. The van der Waals surface area contributed by atoms with E-state index >= 15 is 0 Å². The van der Waals surface area contributed by atoms with E-state index in [1.807, 2.05) is 12.1 Å². The lowest BCUT2D eigenvalue weighted by atomic mass is 9.79. The molecular weight excluding hydrogens is 283 g/mol. The van der Waals surface area contributed by atoms with Crippen LogP contribution in [0.25, 0.3) is 0 Å². The van der Waals surface area contributed by atoms with E-state index < -0.39 is 13.1 Å². The molecular formula is C15H15BN2O4. The molecule has 0 atom stereocenters. The lowest BCUT2D eigenvalue weighted by Crippen LogP contribution is -2.29. The van der Waals surface area contributed by atoms with Crippen LogP contribution in [0.2, 0.25) is 0 Å². The zero-order valence-electron chi connectivity index (χ0n) is 12.0. The molecule has 3 N–H and O–H groups in total. The quantitative estimate of drug-likeness (QED) is 0.751. The van der Waals surface area contributed by atoms with Gasteiger partial charge in [0.2, 0.25) is 0 Å². The average molecular weight is 298 g/mol. The van der Waals surface area contributed by atoms with Gasteiger partial charge in [-0.1, -0.05) is 18.2 Å². The summed E-state index contributed by atoms with van der Waals surface area (Å²) in [5.74, 6) is 0.579. The Hall–Kier alpha value is -2.51. The summed E-state index contributed by atoms with van der Waals surface area (Å²) in [7, 11) is 0.606. The maximum Gasteiger partial charge on any atom is 0.491 e. The van der Waals surface area contributed by atoms with Gasteiger partial charge in [0.25, 0.3) is 0 Å². The van der Waals surface area contributed by atoms with E-state index in [2.05, 4.69) is 10.6 Å². The van der Waals surface area contributed by atoms with Crippen molar-refractivity contribution in [3.63, 3.8) is 0 Å². The molecule has 0 spiro atoms. The number of rotatable bonds is 3. The Morgan fingerprint density at radius 2 is 2.09 bits per heavy atom. The number of para-hydroxylation sites is 2. The number of carbonyl (C=O) groups is 1. The molecule has 0 unspecified atom stereocenters. The summed E-state index contributed by atoms with van der Waals surface area (Å²) in [4.78, 5) is 12.1. The highest BCUT2D eigenvalue weighted by molar-refractivity contribution is 6.61. The van der Waals surface area contributed by atoms with Crippen LogP contribution < -0.4 is 20.8 Å². The predicted octanol–water partition coefficient (Wildman–Crippen LogP) is 1.56. The second-order valence-electron chi connectivity index (χ2n) is 4.86. The summed E-state index contributed by atoms with van der Waals surface area (Å²) in [6.45, 7) is 0.379. The van der Waals surface area contributed by atoms with Crippen LogP contribution in [-0.2, 0) is 11.3 Å². The number of fused-ring (bicyclic) bond motifs is 1. The van der Waals surface area contributed by atoms with Gasteiger partial charge in [0.15, 0.2) is 0 Å². The van der Waals surface area contributed by atoms with E-state index in [4.69, 9.17) is 9.39 Å². The molecule has 0 aliphatic carbocycles. The zero-order valence-corrected chi connectivity index (χ0v) is 12.0. The van der Waals surface area contributed by atoms with E-state index in [0.29, 0.717) is 29.2 Å². The molecule has 0 fully saturated rings. The molecule has 0 saturated heterocycles. The molecule has 2 aromatic carbocycles. The molecule has 1 heterocycles. The second kappa shape index (κ2) is 6.09. The number of methoxy groups -OCH3 is 1. The Balaban J connectivity index is 1.71. The SMILES string of the molecule is COc1ccccc1NC(=O)Nc1ccc2c(c1)B(O)OC2. The molecule has 112 valence electrons. The van der Waals surface area contributed by atoms with Gasteiger partial charge < -0.3 is 25.0 Å². The summed E-state index contributed by atoms with van der Waals surface area (Å²) in [5, 5.41) is 15.1. The van der Waals surface area contributed by atoms with Gasteiger partial charge in [0.1, 0.15) is 5.75 Å². The summed E-state index contributed by atoms with van der Waals surface area (Å²) in [6.07, 6.45) is 0. The summed E-state index contributed by atoms with van der Waals surface area (Å²) >= 11 is 0. The molecule has 1 aliphatic rings. The summed E-state index contributed by atoms with van der Waals surface area (Å²) < 4.78 is 10.3. The molecule has 6 nitrogen and oxygen atoms in total. The van der Waals surface area contributed by atoms with Crippen molar-refractivity contribution in [3.05, 3.63) is 48.0 Å². The van der Waals surface area contributed by atoms with Crippen molar-refractivity contribution in [2.45, 2.75) is 6.61 Å². The fraction of sp³-hybridized carbons (Fsp3) is 0.133. The Kier molecular flexibility index (Phi) is 3.99. The first kappa shape index (κ1) is 14.4. The molecule has 2 amide bonds. The average Bonchev–Trinajstić information content (AvgIpc) is 2.89. The third-order valence-corrected chi connectivity index (χ3v) is 3.42. The maximum absolute atomic E-state index is 12.1. The van der Waals surface area contributed by atoms with Crippen LogP contribution in [0.5, 0.6) is 5.75 Å². The number of benzene rings is 2. The van der Waals surface area contributed by atoms with Gasteiger partial charge >= 0.3 is 13.1 Å². The number of amides is 2. The van der Waals surface area contributed by atoms with Crippen molar-refractivity contribution in [1.29, 1.82) is 0 Å². The second-order valence-corrected chi connectivity index (χ2v) is 4.86. The minimum absolute atomic E-state index is 0.379. The van der Waals surface area contributed by atoms with E-state index in [9.17, 15) is 9.82 Å². The van der Waals surface area contributed by atoms with E-state index in [1.54, 1.807) is 37.4 Å². The van der Waals surface area contributed by atoms with Crippen molar-refractivity contribution in [2.75, 3.05) is 17.7 Å². The maximum atomic E-state index is 12.1. The van der Waals surface area contributed by atoms with Crippen molar-refractivity contribution in [2.24, 2.45) is 0 Å². The lowest BCUT2D eigenvalue weighted by Gasteiger charge is -2.11. The number of hydrogen-bond donors (Lipinski definition) is 3. The first-order valence-corrected chi connectivity index (χ1v) is 6.81. The van der Waals surface area contributed by atoms with Crippen molar-refractivity contribution in [3.8, 4) is 5.75 Å². The van der Waals surface area contributed by atoms with E-state index in [1.165, 1.54) is 0 Å². The van der Waals surface area contributed by atoms with E-state index in [-0.39, 0.29) is 0 Å². The normalized spacial score (nSPS) is 12.7. The lowest BCUT2D eigenvalue weighted by molar-refractivity contribution is 0.262. The minimum Gasteiger partial charge on any atom is -0.495 e. The minimum atomic E-state index is -0.936. The zero-order chi connectivity index (χ0) is 15.5. The van der Waals surface area contributed by atoms with Crippen LogP contribution in [-0.4, -0.2) is 25.3 Å². The van der Waals surface area contributed by atoms with Gasteiger partial charge in [-0.05, 0) is 35.3 Å². The van der Waals surface area contributed by atoms with Gasteiger partial charge in [-0.2, -0.15) is 0 Å². The first-order chi connectivity index (χ1) is 10.7. The highest BCUT2D eigenvalue weighted by Gasteiger charge is 2.27. The van der Waals surface area contributed by atoms with Crippen molar-refractivity contribution in [1.82, 2.24) is 0 Å². The third kappa shape index (κ3) is 2.90. The number of carbonyl (C=O) groups excluding carboxylic acids is 1. The molecule has 0 aromatic heterocycles. The fourth-order valence-corrected chi connectivity index (χ4v) is 2.33. The first-order valence-electron chi connectivity index (χ1n) is 6.81. The topological polar surface area (TPSA) is 79.8 Å². The Labute approximate surface area is 128 Å². The van der Waals surface area contributed by atoms with E-state index in [0.717, 1.165) is 5.56 Å². The number of nitrogens with one attached hydrogen (secondary N) is 2. The van der Waals surface area contributed by atoms with Gasteiger partial charge in [0, 0.05) is 5.69 Å². The fourth-order valence-electron chi connectivity index (χ4n) is 2.33. The monoisotopic (exact) mass is 298 g/mol. The molecule has 7 heteroatoms. The van der Waals surface area contributed by atoms with Crippen LogP contribution in [0.3, 0.4) is 0 Å². The van der Waals surface area contributed by atoms with Crippen molar-refractivity contribution < 1.29 is 19.2 Å². The van der Waals surface area contributed by atoms with Gasteiger partial charge in [0.05, 0.1) is 19.4 Å². The van der Waals surface area contributed by atoms with Crippen LogP contribution >= 0.6 is 0 Å². The molecule has 3 rings (SSSR count). The van der Waals surface area contributed by atoms with Crippen molar-refractivity contribution >= 4 is 30.0 Å². The van der Waals surface area contributed by atoms with Gasteiger partial charge in [-0.25, -0.2) is 4.79 Å². The standard InChI is InChI=1S/C15H15BN2O4/c1-21-14-5-3-2-4-13(14)18-15(19)17-11-7-6-10-9-22-16(20)12(10)8-11/h2-8,20H,9H2,1H3,(H2,17,18,19). The smallest absolute Gasteiger partial charge is 0.491 e. The number of hydrogen-bond acceptors (Lipinski definition) is 4. The third-order valence-electron chi connectivity index (χ3n) is 3.42. The predicted molar refractivity (Wildman–Crippen MR) is 84.5 cm³/mol. The highest BCUT2D eigenvalue weighted by atomic mass is 16.5. The van der Waals surface area contributed by atoms with Crippen LogP contribution in [0, 0.1) is 0 Å². The molecule has 2 aromatic rings. The Morgan fingerprint density at radius 1 is 1.27 bits per heavy atom. The van der Waals surface area contributed by atoms with Crippen LogP contribution in [0.1, 0.15) is 5.56 Å². The van der Waals surface area contributed by atoms with Crippen LogP contribution in [0.15, 0.2) is 42.5 Å². The van der Waals surface area contributed by atoms with Gasteiger partial charge in [-0.3, -0.25) is 0 Å². The highest BCUT2D eigenvalue weighted by Crippen LogP contribution is 2.23. The largest absolute Gasteiger partial charge is 0.495 e. The molecule has 1 aliphatic heterocycles. The molecule has 0 radical (unpaired) electrons. The van der Waals surface area contributed by atoms with Gasteiger partial charge in [-0.15, -0.1) is 0 Å².